The van der Waals surface area contributed by atoms with Gasteiger partial charge >= 0.3 is 0 Å². The fourth-order valence-electron chi connectivity index (χ4n) is 2.18. The maximum atomic E-state index is 5.38. The Kier molecular flexibility index (Phi) is 3.46. The minimum Gasteiger partial charge on any atom is -0.496 e. The molecule has 0 aliphatic rings. The molecule has 0 bridgehead atoms. The van der Waals surface area contributed by atoms with Crippen molar-refractivity contribution in [1.82, 2.24) is 9.97 Å². The number of hydrogen-bond donors (Lipinski definition) is 1. The van der Waals surface area contributed by atoms with Gasteiger partial charge in [-0.25, -0.2) is 4.98 Å². The predicted octanol–water partition coefficient (Wildman–Crippen LogP) is 3.25. The molecule has 0 aliphatic carbocycles. The largest absolute Gasteiger partial charge is 0.496 e. The molecule has 0 atom stereocenters. The lowest BCUT2D eigenvalue weighted by Crippen LogP contribution is -2.02. The standard InChI is InChI=1S/C16H15N3O/c1-20-15-4-2-3-14-13(15)7-10-18-16(14)19-11-12-5-8-17-9-6-12/h2-10H,11H2,1H3,(H,18,19). The predicted molar refractivity (Wildman–Crippen MR) is 79.9 cm³/mol. The molecule has 1 N–H and O–H groups in total. The highest BCUT2D eigenvalue weighted by atomic mass is 16.5. The Morgan fingerprint density at radius 1 is 1.00 bits per heavy atom. The fourth-order valence-corrected chi connectivity index (χ4v) is 2.18. The summed E-state index contributed by atoms with van der Waals surface area (Å²) in [7, 11) is 1.68. The van der Waals surface area contributed by atoms with Gasteiger partial charge in [-0.1, -0.05) is 12.1 Å². The Bertz CT molecular complexity index is 713. The van der Waals surface area contributed by atoms with Crippen LogP contribution in [0.15, 0.2) is 55.0 Å². The van der Waals surface area contributed by atoms with Gasteiger partial charge < -0.3 is 10.1 Å². The van der Waals surface area contributed by atoms with Gasteiger partial charge in [0.25, 0.3) is 0 Å². The number of methoxy groups -OCH3 is 1. The zero-order valence-corrected chi connectivity index (χ0v) is 11.2. The van der Waals surface area contributed by atoms with Gasteiger partial charge in [-0.05, 0) is 29.8 Å². The number of ether oxygens (including phenoxy) is 1. The summed E-state index contributed by atoms with van der Waals surface area (Å²) >= 11 is 0. The van der Waals surface area contributed by atoms with Crippen LogP contribution in [-0.4, -0.2) is 17.1 Å². The third-order valence-electron chi connectivity index (χ3n) is 3.20. The second-order valence-corrected chi connectivity index (χ2v) is 4.42. The monoisotopic (exact) mass is 265 g/mol. The van der Waals surface area contributed by atoms with Crippen LogP contribution in [0.3, 0.4) is 0 Å². The zero-order chi connectivity index (χ0) is 13.8. The third-order valence-corrected chi connectivity index (χ3v) is 3.20. The molecule has 1 aromatic carbocycles. The lowest BCUT2D eigenvalue weighted by Gasteiger charge is -2.10. The van der Waals surface area contributed by atoms with E-state index in [1.54, 1.807) is 25.7 Å². The SMILES string of the molecule is COc1cccc2c(NCc3ccncc3)nccc12. The smallest absolute Gasteiger partial charge is 0.134 e. The molecule has 0 aliphatic heterocycles. The van der Waals surface area contributed by atoms with Crippen LogP contribution < -0.4 is 10.1 Å². The van der Waals surface area contributed by atoms with Crippen molar-refractivity contribution in [3.05, 3.63) is 60.6 Å². The lowest BCUT2D eigenvalue weighted by atomic mass is 10.1. The first kappa shape index (κ1) is 12.4. The van der Waals surface area contributed by atoms with E-state index in [1.165, 1.54) is 5.56 Å². The number of nitrogens with one attached hydrogen (secondary N) is 1. The van der Waals surface area contributed by atoms with Crippen molar-refractivity contribution in [1.29, 1.82) is 0 Å². The first-order valence-electron chi connectivity index (χ1n) is 6.43. The first-order valence-corrected chi connectivity index (χ1v) is 6.43. The van der Waals surface area contributed by atoms with E-state index < -0.39 is 0 Å². The number of hydrogen-bond acceptors (Lipinski definition) is 4. The number of benzene rings is 1. The molecule has 0 saturated carbocycles. The minimum absolute atomic E-state index is 0.714. The molecular formula is C16H15N3O. The van der Waals surface area contributed by atoms with Crippen LogP contribution in [0.5, 0.6) is 5.75 Å². The van der Waals surface area contributed by atoms with Crippen LogP contribution >= 0.6 is 0 Å². The summed E-state index contributed by atoms with van der Waals surface area (Å²) in [6.45, 7) is 0.714. The summed E-state index contributed by atoms with van der Waals surface area (Å²) in [6, 6.07) is 11.9. The average molecular weight is 265 g/mol. The molecule has 2 heterocycles. The van der Waals surface area contributed by atoms with Gasteiger partial charge in [-0.2, -0.15) is 0 Å². The van der Waals surface area contributed by atoms with E-state index in [1.807, 2.05) is 36.4 Å². The van der Waals surface area contributed by atoms with Crippen LogP contribution in [0.4, 0.5) is 5.82 Å². The van der Waals surface area contributed by atoms with E-state index in [0.29, 0.717) is 6.54 Å². The van der Waals surface area contributed by atoms with Gasteiger partial charge in [0.2, 0.25) is 0 Å². The second-order valence-electron chi connectivity index (χ2n) is 4.42. The van der Waals surface area contributed by atoms with Crippen molar-refractivity contribution in [3.63, 3.8) is 0 Å². The highest BCUT2D eigenvalue weighted by Crippen LogP contribution is 2.29. The quantitative estimate of drug-likeness (QED) is 0.786. The van der Waals surface area contributed by atoms with Crippen LogP contribution in [0.1, 0.15) is 5.56 Å². The Morgan fingerprint density at radius 3 is 2.65 bits per heavy atom. The second kappa shape index (κ2) is 5.57. The average Bonchev–Trinajstić information content (AvgIpc) is 2.53. The molecule has 100 valence electrons. The topological polar surface area (TPSA) is 47.0 Å². The molecule has 2 aromatic heterocycles. The van der Waals surface area contributed by atoms with E-state index in [9.17, 15) is 0 Å². The van der Waals surface area contributed by atoms with E-state index >= 15 is 0 Å². The highest BCUT2D eigenvalue weighted by molar-refractivity contribution is 5.95. The van der Waals surface area contributed by atoms with Crippen molar-refractivity contribution >= 4 is 16.6 Å². The number of anilines is 1. The molecule has 4 heteroatoms. The summed E-state index contributed by atoms with van der Waals surface area (Å²) in [5.41, 5.74) is 1.17. The van der Waals surface area contributed by atoms with Crippen molar-refractivity contribution in [2.75, 3.05) is 12.4 Å². The third kappa shape index (κ3) is 2.40. The Morgan fingerprint density at radius 2 is 1.85 bits per heavy atom. The fraction of sp³-hybridized carbons (Fsp3) is 0.125. The molecule has 0 saturated heterocycles. The number of aromatic nitrogens is 2. The normalized spacial score (nSPS) is 10.4. The van der Waals surface area contributed by atoms with Gasteiger partial charge in [0.15, 0.2) is 0 Å². The maximum absolute atomic E-state index is 5.38. The van der Waals surface area contributed by atoms with Gasteiger partial charge in [-0.15, -0.1) is 0 Å². The first-order chi connectivity index (χ1) is 9.88. The molecule has 0 unspecified atom stereocenters. The van der Waals surface area contributed by atoms with E-state index in [4.69, 9.17) is 4.74 Å². The molecule has 20 heavy (non-hydrogen) atoms. The minimum atomic E-state index is 0.714. The van der Waals surface area contributed by atoms with Gasteiger partial charge in [-0.3, -0.25) is 4.98 Å². The summed E-state index contributed by atoms with van der Waals surface area (Å²) in [5, 5.41) is 5.47. The molecule has 0 amide bonds. The Balaban J connectivity index is 1.92. The van der Waals surface area contributed by atoms with E-state index in [0.717, 1.165) is 22.3 Å². The van der Waals surface area contributed by atoms with Crippen molar-refractivity contribution in [2.24, 2.45) is 0 Å². The molecular weight excluding hydrogens is 250 g/mol. The summed E-state index contributed by atoms with van der Waals surface area (Å²) in [4.78, 5) is 8.43. The molecule has 0 spiro atoms. The number of fused-ring (bicyclic) bond motifs is 1. The van der Waals surface area contributed by atoms with Crippen molar-refractivity contribution < 1.29 is 4.74 Å². The Labute approximate surface area is 117 Å². The number of rotatable bonds is 4. The molecule has 3 rings (SSSR count). The van der Waals surface area contributed by atoms with E-state index in [2.05, 4.69) is 15.3 Å². The summed E-state index contributed by atoms with van der Waals surface area (Å²) in [5.74, 6) is 1.72. The van der Waals surface area contributed by atoms with Crippen molar-refractivity contribution in [3.8, 4) is 5.75 Å². The van der Waals surface area contributed by atoms with Gasteiger partial charge in [0, 0.05) is 35.9 Å². The van der Waals surface area contributed by atoms with E-state index in [-0.39, 0.29) is 0 Å². The lowest BCUT2D eigenvalue weighted by molar-refractivity contribution is 0.420. The maximum Gasteiger partial charge on any atom is 0.134 e. The van der Waals surface area contributed by atoms with Crippen molar-refractivity contribution in [2.45, 2.75) is 6.54 Å². The number of nitrogens with zero attached hydrogens (tertiary/aromatic N) is 2. The molecule has 3 aromatic rings. The molecule has 0 radical (unpaired) electrons. The highest BCUT2D eigenvalue weighted by Gasteiger charge is 2.05. The van der Waals surface area contributed by atoms with Crippen LogP contribution in [0.2, 0.25) is 0 Å². The van der Waals surface area contributed by atoms with Gasteiger partial charge in [0.1, 0.15) is 11.6 Å². The number of pyridine rings is 2. The molecule has 4 nitrogen and oxygen atoms in total. The van der Waals surface area contributed by atoms with Gasteiger partial charge in [0.05, 0.1) is 7.11 Å². The van der Waals surface area contributed by atoms with Crippen LogP contribution in [0.25, 0.3) is 10.8 Å². The zero-order valence-electron chi connectivity index (χ0n) is 11.2. The molecule has 0 fully saturated rings. The van der Waals surface area contributed by atoms with Crippen LogP contribution in [0, 0.1) is 0 Å². The summed E-state index contributed by atoms with van der Waals surface area (Å²) < 4.78 is 5.38. The Hall–Kier alpha value is -2.62. The van der Waals surface area contributed by atoms with Crippen LogP contribution in [-0.2, 0) is 6.54 Å². The summed E-state index contributed by atoms with van der Waals surface area (Å²) in [6.07, 6.45) is 5.37.